The summed E-state index contributed by atoms with van der Waals surface area (Å²) >= 11 is 3.48. The van der Waals surface area contributed by atoms with E-state index < -0.39 is 0 Å². The average molecular weight is 260 g/mol. The Labute approximate surface area is 97.1 Å². The number of halogens is 1. The molecule has 0 aliphatic heterocycles. The van der Waals surface area contributed by atoms with Gasteiger partial charge in [0.2, 0.25) is 0 Å². The average Bonchev–Trinajstić information content (AvgIpc) is 2.57. The van der Waals surface area contributed by atoms with E-state index >= 15 is 0 Å². The highest BCUT2D eigenvalue weighted by Crippen LogP contribution is 2.39. The second-order valence-electron chi connectivity index (χ2n) is 3.86. The van der Waals surface area contributed by atoms with E-state index in [-0.39, 0.29) is 0 Å². The Morgan fingerprint density at radius 2 is 1.80 bits per heavy atom. The van der Waals surface area contributed by atoms with Crippen LogP contribution in [0.5, 0.6) is 0 Å². The van der Waals surface area contributed by atoms with Crippen molar-refractivity contribution < 1.29 is 0 Å². The third-order valence-corrected chi connectivity index (χ3v) is 3.60. The Balaban J connectivity index is 2.29. The van der Waals surface area contributed by atoms with E-state index in [0.29, 0.717) is 0 Å². The molecular weight excluding hydrogens is 250 g/mol. The molecule has 0 saturated carbocycles. The van der Waals surface area contributed by atoms with E-state index in [1.54, 1.807) is 0 Å². The number of nitrogens with two attached hydrogens (primary N) is 1. The highest BCUT2D eigenvalue weighted by molar-refractivity contribution is 9.10. The lowest BCUT2D eigenvalue weighted by molar-refractivity contribution is 1.26. The van der Waals surface area contributed by atoms with Gasteiger partial charge in [-0.15, -0.1) is 0 Å². The zero-order chi connectivity index (χ0) is 10.4. The van der Waals surface area contributed by atoms with Crippen LogP contribution in [0.4, 0.5) is 5.69 Å². The molecule has 3 rings (SSSR count). The van der Waals surface area contributed by atoms with Crippen molar-refractivity contribution in [2.45, 2.75) is 6.42 Å². The molecule has 2 N–H and O–H groups in total. The Morgan fingerprint density at radius 3 is 2.67 bits per heavy atom. The van der Waals surface area contributed by atoms with Gasteiger partial charge in [-0.1, -0.05) is 24.3 Å². The minimum Gasteiger partial charge on any atom is -0.398 e. The van der Waals surface area contributed by atoms with Crippen molar-refractivity contribution in [3.8, 4) is 11.1 Å². The van der Waals surface area contributed by atoms with Gasteiger partial charge in [-0.05, 0) is 56.7 Å². The summed E-state index contributed by atoms with van der Waals surface area (Å²) in [6.45, 7) is 0. The van der Waals surface area contributed by atoms with Gasteiger partial charge in [0, 0.05) is 10.2 Å². The highest BCUT2D eigenvalue weighted by Gasteiger charge is 2.18. The quantitative estimate of drug-likeness (QED) is 0.614. The van der Waals surface area contributed by atoms with E-state index in [0.717, 1.165) is 16.6 Å². The molecule has 0 unspecified atom stereocenters. The first kappa shape index (κ1) is 8.98. The molecule has 0 heterocycles. The van der Waals surface area contributed by atoms with E-state index in [2.05, 4.69) is 52.3 Å². The maximum Gasteiger partial charge on any atom is 0.0461 e. The summed E-state index contributed by atoms with van der Waals surface area (Å²) in [5.74, 6) is 0. The summed E-state index contributed by atoms with van der Waals surface area (Å²) in [4.78, 5) is 0. The fourth-order valence-corrected chi connectivity index (χ4v) is 2.52. The number of nitrogen functional groups attached to an aromatic ring is 1. The zero-order valence-corrected chi connectivity index (χ0v) is 9.71. The predicted molar refractivity (Wildman–Crippen MR) is 66.8 cm³/mol. The summed E-state index contributed by atoms with van der Waals surface area (Å²) in [7, 11) is 0. The largest absolute Gasteiger partial charge is 0.398 e. The molecule has 1 nitrogen and oxygen atoms in total. The molecule has 1 aliphatic rings. The third-order valence-electron chi connectivity index (χ3n) is 2.91. The minimum absolute atomic E-state index is 0.821. The lowest BCUT2D eigenvalue weighted by Crippen LogP contribution is -1.89. The first-order valence-corrected chi connectivity index (χ1v) is 5.71. The topological polar surface area (TPSA) is 26.0 Å². The Kier molecular flexibility index (Phi) is 1.86. The molecular formula is C13H10BrN. The van der Waals surface area contributed by atoms with Gasteiger partial charge in [0.05, 0.1) is 0 Å². The Hall–Kier alpha value is -1.28. The van der Waals surface area contributed by atoms with Gasteiger partial charge in [0.25, 0.3) is 0 Å². The fourth-order valence-electron chi connectivity index (χ4n) is 2.18. The second kappa shape index (κ2) is 3.11. The zero-order valence-electron chi connectivity index (χ0n) is 8.13. The molecule has 0 aromatic heterocycles. The molecule has 0 fully saturated rings. The van der Waals surface area contributed by atoms with Crippen LogP contribution in [0.25, 0.3) is 11.1 Å². The number of hydrogen-bond donors (Lipinski definition) is 1. The van der Waals surface area contributed by atoms with Gasteiger partial charge in [0.15, 0.2) is 0 Å². The maximum absolute atomic E-state index is 5.88. The standard InChI is InChI=1S/C13H10BrN/c14-12-7-11-9(6-13(12)15)5-8-3-1-2-4-10(8)11/h1-4,6-7H,5,15H2. The van der Waals surface area contributed by atoms with Gasteiger partial charge < -0.3 is 5.73 Å². The van der Waals surface area contributed by atoms with Crippen molar-refractivity contribution in [3.05, 3.63) is 52.0 Å². The normalized spacial score (nSPS) is 12.3. The SMILES string of the molecule is Nc1cc2c(cc1Br)-c1ccccc1C2. The number of hydrogen-bond acceptors (Lipinski definition) is 1. The smallest absolute Gasteiger partial charge is 0.0461 e. The van der Waals surface area contributed by atoms with E-state index in [1.165, 1.54) is 22.3 Å². The molecule has 0 bridgehead atoms. The van der Waals surface area contributed by atoms with E-state index in [4.69, 9.17) is 5.73 Å². The van der Waals surface area contributed by atoms with Crippen LogP contribution in [-0.2, 0) is 6.42 Å². The van der Waals surface area contributed by atoms with E-state index in [9.17, 15) is 0 Å². The van der Waals surface area contributed by atoms with Crippen LogP contribution in [0.15, 0.2) is 40.9 Å². The number of fused-ring (bicyclic) bond motifs is 3. The van der Waals surface area contributed by atoms with Crippen LogP contribution < -0.4 is 5.73 Å². The van der Waals surface area contributed by atoms with Crippen molar-refractivity contribution in [3.63, 3.8) is 0 Å². The maximum atomic E-state index is 5.88. The molecule has 0 saturated heterocycles. The van der Waals surface area contributed by atoms with Crippen molar-refractivity contribution in [2.75, 3.05) is 5.73 Å². The van der Waals surface area contributed by atoms with Gasteiger partial charge >= 0.3 is 0 Å². The van der Waals surface area contributed by atoms with Crippen molar-refractivity contribution in [1.82, 2.24) is 0 Å². The third kappa shape index (κ3) is 1.29. The van der Waals surface area contributed by atoms with Crippen molar-refractivity contribution in [2.24, 2.45) is 0 Å². The summed E-state index contributed by atoms with van der Waals surface area (Å²) in [6, 6.07) is 12.7. The van der Waals surface area contributed by atoms with Crippen molar-refractivity contribution in [1.29, 1.82) is 0 Å². The van der Waals surface area contributed by atoms with Crippen LogP contribution in [0.1, 0.15) is 11.1 Å². The first-order chi connectivity index (χ1) is 7.25. The Bertz CT molecular complexity index is 546. The Morgan fingerprint density at radius 1 is 1.00 bits per heavy atom. The molecule has 0 spiro atoms. The molecule has 2 aromatic carbocycles. The molecule has 0 radical (unpaired) electrons. The summed E-state index contributed by atoms with van der Waals surface area (Å²) in [5, 5.41) is 0. The second-order valence-corrected chi connectivity index (χ2v) is 4.72. The summed E-state index contributed by atoms with van der Waals surface area (Å²) in [6.07, 6.45) is 1.00. The highest BCUT2D eigenvalue weighted by atomic mass is 79.9. The van der Waals surface area contributed by atoms with Gasteiger partial charge in [-0.3, -0.25) is 0 Å². The van der Waals surface area contributed by atoms with Crippen LogP contribution in [-0.4, -0.2) is 0 Å². The number of anilines is 1. The monoisotopic (exact) mass is 259 g/mol. The van der Waals surface area contributed by atoms with Gasteiger partial charge in [0.1, 0.15) is 0 Å². The molecule has 15 heavy (non-hydrogen) atoms. The van der Waals surface area contributed by atoms with Crippen LogP contribution in [0.2, 0.25) is 0 Å². The van der Waals surface area contributed by atoms with Crippen LogP contribution in [0.3, 0.4) is 0 Å². The predicted octanol–water partition coefficient (Wildman–Crippen LogP) is 3.60. The molecule has 2 aromatic rings. The van der Waals surface area contributed by atoms with Crippen LogP contribution >= 0.6 is 15.9 Å². The number of benzene rings is 2. The lowest BCUT2D eigenvalue weighted by Gasteiger charge is -2.04. The number of rotatable bonds is 0. The molecule has 1 aliphatic carbocycles. The summed E-state index contributed by atoms with van der Waals surface area (Å²) < 4.78 is 0.984. The van der Waals surface area contributed by atoms with Gasteiger partial charge in [-0.2, -0.15) is 0 Å². The van der Waals surface area contributed by atoms with Gasteiger partial charge in [-0.25, -0.2) is 0 Å². The molecule has 74 valence electrons. The first-order valence-electron chi connectivity index (χ1n) is 4.92. The molecule has 0 atom stereocenters. The lowest BCUT2D eigenvalue weighted by atomic mass is 10.1. The van der Waals surface area contributed by atoms with Crippen molar-refractivity contribution >= 4 is 21.6 Å². The van der Waals surface area contributed by atoms with Crippen LogP contribution in [0, 0.1) is 0 Å². The molecule has 2 heteroatoms. The minimum atomic E-state index is 0.821. The summed E-state index contributed by atoms with van der Waals surface area (Å²) in [5.41, 5.74) is 12.1. The fraction of sp³-hybridized carbons (Fsp3) is 0.0769. The van der Waals surface area contributed by atoms with E-state index in [1.807, 2.05) is 0 Å². The molecule has 0 amide bonds.